The van der Waals surface area contributed by atoms with Crippen molar-refractivity contribution in [3.05, 3.63) is 23.5 Å². The molecule has 3 saturated heterocycles. The Bertz CT molecular complexity index is 805. The quantitative estimate of drug-likeness (QED) is 0.785. The Labute approximate surface area is 152 Å². The lowest BCUT2D eigenvalue weighted by Crippen LogP contribution is -2.74. The largest absolute Gasteiger partial charge is 0.380 e. The lowest BCUT2D eigenvalue weighted by Gasteiger charge is -2.60. The maximum absolute atomic E-state index is 13.4. The van der Waals surface area contributed by atoms with E-state index >= 15 is 0 Å². The standard InChI is InChI=1S/C17H23F2N3O3S/c1-12-14(3-4-15(20-12)16(2,18)19)26(23,24)22-10-17(11-22)8-21(9-17)13-5-6-25-7-13/h3-4,13H,5-11H2,1-2H3/t13-/m1/s1. The number of sulfonamides is 1. The normalized spacial score (nSPS) is 26.7. The Kier molecular flexibility index (Phi) is 4.15. The molecule has 0 aromatic carbocycles. The molecule has 0 aliphatic carbocycles. The molecular weight excluding hydrogens is 364 g/mol. The number of halogens is 2. The lowest BCUT2D eigenvalue weighted by molar-refractivity contribution is -0.100. The maximum Gasteiger partial charge on any atom is 0.286 e. The molecule has 26 heavy (non-hydrogen) atoms. The molecular formula is C17H23F2N3O3S. The van der Waals surface area contributed by atoms with Crippen LogP contribution in [0.15, 0.2) is 17.0 Å². The second kappa shape index (κ2) is 5.92. The fourth-order valence-corrected chi connectivity index (χ4v) is 5.98. The van der Waals surface area contributed by atoms with Gasteiger partial charge in [0.15, 0.2) is 0 Å². The molecule has 1 aromatic heterocycles. The molecule has 0 unspecified atom stereocenters. The van der Waals surface area contributed by atoms with Crippen LogP contribution in [-0.4, -0.2) is 68.0 Å². The summed E-state index contributed by atoms with van der Waals surface area (Å²) in [6.45, 7) is 6.51. The minimum atomic E-state index is -3.70. The number of alkyl halides is 2. The highest BCUT2D eigenvalue weighted by Crippen LogP contribution is 2.44. The fourth-order valence-electron chi connectivity index (χ4n) is 4.16. The van der Waals surface area contributed by atoms with Gasteiger partial charge in [-0.2, -0.15) is 13.1 Å². The maximum atomic E-state index is 13.4. The summed E-state index contributed by atoms with van der Waals surface area (Å²) in [7, 11) is -3.70. The zero-order valence-electron chi connectivity index (χ0n) is 14.9. The van der Waals surface area contributed by atoms with E-state index in [2.05, 4.69) is 9.88 Å². The van der Waals surface area contributed by atoms with Crippen LogP contribution in [0.25, 0.3) is 0 Å². The van der Waals surface area contributed by atoms with Gasteiger partial charge >= 0.3 is 0 Å². The predicted molar refractivity (Wildman–Crippen MR) is 90.5 cm³/mol. The van der Waals surface area contributed by atoms with Gasteiger partial charge in [0.05, 0.1) is 12.3 Å². The molecule has 3 aliphatic heterocycles. The molecule has 0 radical (unpaired) electrons. The fraction of sp³-hybridized carbons (Fsp3) is 0.706. The molecule has 0 N–H and O–H groups in total. The number of ether oxygens (including phenoxy) is 1. The van der Waals surface area contributed by atoms with Crippen molar-refractivity contribution in [2.45, 2.75) is 37.1 Å². The Morgan fingerprint density at radius 1 is 1.27 bits per heavy atom. The number of aryl methyl sites for hydroxylation is 1. The van der Waals surface area contributed by atoms with Crippen LogP contribution in [0.3, 0.4) is 0 Å². The first-order chi connectivity index (χ1) is 12.1. The molecule has 6 nitrogen and oxygen atoms in total. The Hall–Kier alpha value is -1.16. The number of likely N-dealkylation sites (tertiary alicyclic amines) is 1. The molecule has 0 amide bonds. The highest BCUT2D eigenvalue weighted by atomic mass is 32.2. The van der Waals surface area contributed by atoms with Gasteiger partial charge in [0.25, 0.3) is 5.92 Å². The molecule has 1 spiro atoms. The molecule has 4 heterocycles. The van der Waals surface area contributed by atoms with Gasteiger partial charge in [0, 0.05) is 51.2 Å². The van der Waals surface area contributed by atoms with Gasteiger partial charge in [-0.1, -0.05) is 0 Å². The smallest absolute Gasteiger partial charge is 0.286 e. The van der Waals surface area contributed by atoms with E-state index in [1.165, 1.54) is 17.3 Å². The van der Waals surface area contributed by atoms with Gasteiger partial charge in [-0.3, -0.25) is 9.88 Å². The van der Waals surface area contributed by atoms with E-state index in [1.807, 2.05) is 0 Å². The monoisotopic (exact) mass is 387 g/mol. The van der Waals surface area contributed by atoms with Gasteiger partial charge in [0.1, 0.15) is 10.6 Å². The molecule has 1 atom stereocenters. The zero-order valence-corrected chi connectivity index (χ0v) is 15.7. The summed E-state index contributed by atoms with van der Waals surface area (Å²) in [6, 6.07) is 2.81. The summed E-state index contributed by atoms with van der Waals surface area (Å²) in [6.07, 6.45) is 1.04. The van der Waals surface area contributed by atoms with Crippen LogP contribution in [0.4, 0.5) is 8.78 Å². The predicted octanol–water partition coefficient (Wildman–Crippen LogP) is 1.60. The van der Waals surface area contributed by atoms with Gasteiger partial charge in [-0.25, -0.2) is 8.42 Å². The Morgan fingerprint density at radius 2 is 1.96 bits per heavy atom. The van der Waals surface area contributed by atoms with Crippen molar-refractivity contribution in [2.75, 3.05) is 39.4 Å². The number of hydrogen-bond donors (Lipinski definition) is 0. The third-order valence-corrected chi connectivity index (χ3v) is 7.55. The first kappa shape index (κ1) is 18.2. The van der Waals surface area contributed by atoms with E-state index in [1.54, 1.807) is 0 Å². The van der Waals surface area contributed by atoms with E-state index in [9.17, 15) is 17.2 Å². The number of nitrogens with zero attached hydrogens (tertiary/aromatic N) is 3. The highest BCUT2D eigenvalue weighted by molar-refractivity contribution is 7.89. The molecule has 4 rings (SSSR count). The van der Waals surface area contributed by atoms with Crippen LogP contribution in [-0.2, 0) is 20.7 Å². The summed E-state index contributed by atoms with van der Waals surface area (Å²) < 4.78 is 59.3. The van der Waals surface area contributed by atoms with E-state index in [4.69, 9.17) is 4.74 Å². The molecule has 0 bridgehead atoms. The van der Waals surface area contributed by atoms with E-state index in [0.717, 1.165) is 45.7 Å². The SMILES string of the molecule is Cc1nc(C(C)(F)F)ccc1S(=O)(=O)N1CC2(CN([C@@H]3CCOC3)C2)C1. The van der Waals surface area contributed by atoms with Crippen LogP contribution in [0.5, 0.6) is 0 Å². The van der Waals surface area contributed by atoms with E-state index < -0.39 is 21.6 Å². The van der Waals surface area contributed by atoms with Crippen molar-refractivity contribution >= 4 is 10.0 Å². The van der Waals surface area contributed by atoms with Crippen LogP contribution in [0, 0.1) is 12.3 Å². The molecule has 1 aromatic rings. The Balaban J connectivity index is 1.43. The molecule has 144 valence electrons. The summed E-state index contributed by atoms with van der Waals surface area (Å²) in [5.41, 5.74) is -0.265. The second-order valence-electron chi connectivity index (χ2n) is 7.86. The first-order valence-corrected chi connectivity index (χ1v) is 10.2. The summed E-state index contributed by atoms with van der Waals surface area (Å²) in [5, 5.41) is 0. The van der Waals surface area contributed by atoms with Crippen LogP contribution in [0.1, 0.15) is 24.7 Å². The summed E-state index contributed by atoms with van der Waals surface area (Å²) in [4.78, 5) is 6.19. The Morgan fingerprint density at radius 3 is 2.50 bits per heavy atom. The molecule has 3 aliphatic rings. The zero-order chi connectivity index (χ0) is 18.7. The summed E-state index contributed by atoms with van der Waals surface area (Å²) >= 11 is 0. The topological polar surface area (TPSA) is 62.7 Å². The molecule has 3 fully saturated rings. The van der Waals surface area contributed by atoms with Crippen molar-refractivity contribution in [1.29, 1.82) is 0 Å². The minimum absolute atomic E-state index is 0.0146. The lowest BCUT2D eigenvalue weighted by atomic mass is 9.73. The van der Waals surface area contributed by atoms with E-state index in [-0.39, 0.29) is 16.0 Å². The van der Waals surface area contributed by atoms with Gasteiger partial charge in [0.2, 0.25) is 10.0 Å². The van der Waals surface area contributed by atoms with Crippen molar-refractivity contribution in [1.82, 2.24) is 14.2 Å². The first-order valence-electron chi connectivity index (χ1n) is 8.79. The highest BCUT2D eigenvalue weighted by Gasteiger charge is 2.56. The second-order valence-corrected chi connectivity index (χ2v) is 9.77. The van der Waals surface area contributed by atoms with Crippen molar-refractivity contribution in [2.24, 2.45) is 5.41 Å². The number of aromatic nitrogens is 1. The average molecular weight is 387 g/mol. The average Bonchev–Trinajstić information content (AvgIpc) is 2.96. The molecule has 0 saturated carbocycles. The number of hydrogen-bond acceptors (Lipinski definition) is 5. The molecule has 9 heteroatoms. The van der Waals surface area contributed by atoms with Crippen LogP contribution < -0.4 is 0 Å². The van der Waals surface area contributed by atoms with Gasteiger partial charge in [-0.05, 0) is 25.5 Å². The third kappa shape index (κ3) is 2.94. The number of pyridine rings is 1. The van der Waals surface area contributed by atoms with Crippen LogP contribution >= 0.6 is 0 Å². The van der Waals surface area contributed by atoms with Crippen LogP contribution in [0.2, 0.25) is 0 Å². The summed E-state index contributed by atoms with van der Waals surface area (Å²) in [5.74, 6) is -3.09. The minimum Gasteiger partial charge on any atom is -0.380 e. The third-order valence-electron chi connectivity index (χ3n) is 5.63. The van der Waals surface area contributed by atoms with Crippen molar-refractivity contribution in [3.8, 4) is 0 Å². The van der Waals surface area contributed by atoms with Crippen molar-refractivity contribution < 1.29 is 21.9 Å². The van der Waals surface area contributed by atoms with Crippen molar-refractivity contribution in [3.63, 3.8) is 0 Å². The van der Waals surface area contributed by atoms with Gasteiger partial charge in [-0.15, -0.1) is 0 Å². The number of rotatable bonds is 4. The van der Waals surface area contributed by atoms with Gasteiger partial charge < -0.3 is 4.74 Å². The van der Waals surface area contributed by atoms with E-state index in [0.29, 0.717) is 19.1 Å².